The van der Waals surface area contributed by atoms with E-state index in [2.05, 4.69) is 31.9 Å². The number of benzene rings is 2. The van der Waals surface area contributed by atoms with Crippen molar-refractivity contribution in [2.75, 3.05) is 36.0 Å². The van der Waals surface area contributed by atoms with E-state index in [1.807, 2.05) is 18.2 Å². The molecule has 7 nitrogen and oxygen atoms in total. The molecule has 1 saturated heterocycles. The molecule has 2 heterocycles. The van der Waals surface area contributed by atoms with Gasteiger partial charge in [-0.3, -0.25) is 10.1 Å². The van der Waals surface area contributed by atoms with Crippen molar-refractivity contribution in [1.82, 2.24) is 9.97 Å². The number of nitrogens with zero attached hydrogens (tertiary/aromatic N) is 5. The lowest BCUT2D eigenvalue weighted by Gasteiger charge is -2.37. The monoisotopic (exact) mass is 369 g/mol. The van der Waals surface area contributed by atoms with Crippen LogP contribution in [0.3, 0.4) is 0 Å². The number of hydrogen-bond acceptors (Lipinski definition) is 6. The van der Waals surface area contributed by atoms with E-state index in [9.17, 15) is 10.1 Å². The lowest BCUT2D eigenvalue weighted by molar-refractivity contribution is -0.384. The lowest BCUT2D eigenvalue weighted by atomic mass is 10.2. The van der Waals surface area contributed by atoms with Crippen LogP contribution in [0.1, 0.15) is 0 Å². The van der Waals surface area contributed by atoms with Gasteiger partial charge in [0.1, 0.15) is 17.2 Å². The molecule has 0 radical (unpaired) electrons. The van der Waals surface area contributed by atoms with Crippen LogP contribution in [0.25, 0.3) is 10.9 Å². The Morgan fingerprint density at radius 3 is 2.38 bits per heavy atom. The number of anilines is 2. The third-order valence-electron chi connectivity index (χ3n) is 4.58. The zero-order chi connectivity index (χ0) is 18.1. The number of piperazine rings is 1. The van der Waals surface area contributed by atoms with Crippen molar-refractivity contribution in [2.45, 2.75) is 0 Å². The molecule has 0 N–H and O–H groups in total. The number of para-hydroxylation sites is 1. The molecule has 8 heteroatoms. The van der Waals surface area contributed by atoms with Gasteiger partial charge >= 0.3 is 0 Å². The van der Waals surface area contributed by atoms with Crippen LogP contribution in [0.5, 0.6) is 0 Å². The maximum absolute atomic E-state index is 11.2. The molecular formula is C18H16ClN5O2. The first-order valence-corrected chi connectivity index (χ1v) is 8.65. The van der Waals surface area contributed by atoms with Gasteiger partial charge < -0.3 is 9.80 Å². The van der Waals surface area contributed by atoms with Crippen LogP contribution < -0.4 is 9.80 Å². The van der Waals surface area contributed by atoms with E-state index in [1.54, 1.807) is 0 Å². The maximum atomic E-state index is 11.2. The van der Waals surface area contributed by atoms with Crippen LogP contribution in [0, 0.1) is 10.1 Å². The summed E-state index contributed by atoms with van der Waals surface area (Å²) in [5, 5.41) is 11.9. The summed E-state index contributed by atoms with van der Waals surface area (Å²) in [6, 6.07) is 13.3. The van der Waals surface area contributed by atoms with E-state index < -0.39 is 4.92 Å². The molecule has 0 atom stereocenters. The molecule has 1 aliphatic heterocycles. The molecular weight excluding hydrogens is 354 g/mol. The minimum absolute atomic E-state index is 0.0843. The Hall–Kier alpha value is -2.93. The predicted molar refractivity (Wildman–Crippen MR) is 102 cm³/mol. The summed E-state index contributed by atoms with van der Waals surface area (Å²) in [7, 11) is 0. The van der Waals surface area contributed by atoms with E-state index in [0.29, 0.717) is 16.7 Å². The van der Waals surface area contributed by atoms with Gasteiger partial charge in [0.25, 0.3) is 5.69 Å². The third-order valence-corrected chi connectivity index (χ3v) is 4.88. The Kier molecular flexibility index (Phi) is 4.30. The summed E-state index contributed by atoms with van der Waals surface area (Å²) in [5.74, 6) is 0.711. The Morgan fingerprint density at radius 1 is 1.00 bits per heavy atom. The molecule has 0 spiro atoms. The van der Waals surface area contributed by atoms with Gasteiger partial charge in [0, 0.05) is 43.3 Å². The summed E-state index contributed by atoms with van der Waals surface area (Å²) >= 11 is 6.00. The van der Waals surface area contributed by atoms with Gasteiger partial charge in [-0.05, 0) is 18.2 Å². The van der Waals surface area contributed by atoms with Crippen LogP contribution >= 0.6 is 11.6 Å². The van der Waals surface area contributed by atoms with Crippen molar-refractivity contribution in [1.29, 1.82) is 0 Å². The second-order valence-corrected chi connectivity index (χ2v) is 6.49. The fourth-order valence-electron chi connectivity index (χ4n) is 3.26. The zero-order valence-corrected chi connectivity index (χ0v) is 14.6. The number of nitro benzene ring substituents is 1. The number of halogens is 1. The van der Waals surface area contributed by atoms with Gasteiger partial charge in [0.2, 0.25) is 0 Å². The van der Waals surface area contributed by atoms with Crippen molar-refractivity contribution in [3.63, 3.8) is 0 Å². The molecule has 0 amide bonds. The third kappa shape index (κ3) is 3.01. The molecule has 132 valence electrons. The van der Waals surface area contributed by atoms with Crippen molar-refractivity contribution in [3.8, 4) is 0 Å². The van der Waals surface area contributed by atoms with Crippen molar-refractivity contribution < 1.29 is 4.92 Å². The number of rotatable bonds is 3. The first-order valence-electron chi connectivity index (χ1n) is 8.27. The molecule has 0 saturated carbocycles. The summed E-state index contributed by atoms with van der Waals surface area (Å²) in [6.45, 7) is 3.26. The average molecular weight is 370 g/mol. The van der Waals surface area contributed by atoms with E-state index in [4.69, 9.17) is 11.6 Å². The van der Waals surface area contributed by atoms with E-state index in [1.165, 1.54) is 24.1 Å². The molecule has 1 aliphatic rings. The SMILES string of the molecule is O=[N+]([O-])c1cc2c(N3CCN(c4ccccc4)CC3)ncnc2cc1Cl. The molecule has 1 aromatic heterocycles. The van der Waals surface area contributed by atoms with Gasteiger partial charge in [-0.25, -0.2) is 9.97 Å². The quantitative estimate of drug-likeness (QED) is 0.519. The standard InChI is InChI=1S/C18H16ClN5O2/c19-15-11-16-14(10-17(15)24(25)26)18(21-12-20-16)23-8-6-22(7-9-23)13-4-2-1-3-5-13/h1-5,10-12H,6-9H2. The molecule has 3 aromatic rings. The number of hydrogen-bond donors (Lipinski definition) is 0. The highest BCUT2D eigenvalue weighted by atomic mass is 35.5. The van der Waals surface area contributed by atoms with Gasteiger partial charge in [-0.2, -0.15) is 0 Å². The molecule has 1 fully saturated rings. The van der Waals surface area contributed by atoms with Crippen LogP contribution in [0.15, 0.2) is 48.8 Å². The largest absolute Gasteiger partial charge is 0.368 e. The molecule has 4 rings (SSSR count). The number of fused-ring (bicyclic) bond motifs is 1. The van der Waals surface area contributed by atoms with Gasteiger partial charge in [0.15, 0.2) is 0 Å². The summed E-state index contributed by atoms with van der Waals surface area (Å²) < 4.78 is 0. The Bertz CT molecular complexity index is 958. The Balaban J connectivity index is 1.63. The first-order chi connectivity index (χ1) is 12.6. The number of aromatic nitrogens is 2. The highest BCUT2D eigenvalue weighted by molar-refractivity contribution is 6.33. The molecule has 0 bridgehead atoms. The van der Waals surface area contributed by atoms with Crippen molar-refractivity contribution in [2.24, 2.45) is 0 Å². The van der Waals surface area contributed by atoms with Crippen LogP contribution in [0.2, 0.25) is 5.02 Å². The highest BCUT2D eigenvalue weighted by Gasteiger charge is 2.22. The molecule has 26 heavy (non-hydrogen) atoms. The van der Waals surface area contributed by atoms with Crippen LogP contribution in [0.4, 0.5) is 17.2 Å². The second-order valence-electron chi connectivity index (χ2n) is 6.08. The molecule has 0 aliphatic carbocycles. The van der Waals surface area contributed by atoms with E-state index in [-0.39, 0.29) is 10.7 Å². The van der Waals surface area contributed by atoms with Crippen molar-refractivity contribution >= 4 is 39.7 Å². The Labute approximate surface area is 155 Å². The molecule has 2 aromatic carbocycles. The lowest BCUT2D eigenvalue weighted by Crippen LogP contribution is -2.46. The normalized spacial score (nSPS) is 14.7. The van der Waals surface area contributed by atoms with Crippen LogP contribution in [-0.2, 0) is 0 Å². The van der Waals surface area contributed by atoms with E-state index >= 15 is 0 Å². The van der Waals surface area contributed by atoms with Gasteiger partial charge in [-0.1, -0.05) is 29.8 Å². The summed E-state index contributed by atoms with van der Waals surface area (Å²) in [4.78, 5) is 23.8. The van der Waals surface area contributed by atoms with E-state index in [0.717, 1.165) is 26.2 Å². The summed E-state index contributed by atoms with van der Waals surface area (Å²) in [6.07, 6.45) is 1.48. The minimum Gasteiger partial charge on any atom is -0.368 e. The Morgan fingerprint density at radius 2 is 1.69 bits per heavy atom. The second kappa shape index (κ2) is 6.76. The fraction of sp³-hybridized carbons (Fsp3) is 0.222. The van der Waals surface area contributed by atoms with Gasteiger partial charge in [0.05, 0.1) is 10.4 Å². The number of nitro groups is 1. The smallest absolute Gasteiger partial charge is 0.288 e. The van der Waals surface area contributed by atoms with Gasteiger partial charge in [-0.15, -0.1) is 0 Å². The minimum atomic E-state index is -0.480. The maximum Gasteiger partial charge on any atom is 0.288 e. The van der Waals surface area contributed by atoms with Crippen molar-refractivity contribution in [3.05, 3.63) is 63.9 Å². The van der Waals surface area contributed by atoms with Crippen LogP contribution in [-0.4, -0.2) is 41.1 Å². The predicted octanol–water partition coefficient (Wildman–Crippen LogP) is 3.52. The molecule has 0 unspecified atom stereocenters. The summed E-state index contributed by atoms with van der Waals surface area (Å²) in [5.41, 5.74) is 1.68. The first kappa shape index (κ1) is 16.5. The average Bonchev–Trinajstić information content (AvgIpc) is 2.67. The highest BCUT2D eigenvalue weighted by Crippen LogP contribution is 2.33. The zero-order valence-electron chi connectivity index (χ0n) is 13.9. The fourth-order valence-corrected chi connectivity index (χ4v) is 3.49. The topological polar surface area (TPSA) is 75.4 Å².